The maximum absolute atomic E-state index is 13.8. The Hall–Kier alpha value is -5.75. The number of para-hydroxylation sites is 1. The average Bonchev–Trinajstić information content (AvgIpc) is 3.13. The number of carbonyl (C=O) groups is 4. The van der Waals surface area contributed by atoms with E-state index < -0.39 is 23.0 Å². The van der Waals surface area contributed by atoms with Crippen LogP contribution < -0.4 is 30.2 Å². The lowest BCUT2D eigenvalue weighted by atomic mass is 10.1. The second kappa shape index (κ2) is 17.4. The highest BCUT2D eigenvalue weighted by atomic mass is 32.2. The highest BCUT2D eigenvalue weighted by molar-refractivity contribution is 8.00. The summed E-state index contributed by atoms with van der Waals surface area (Å²) >= 11 is 1.30. The zero-order valence-electron chi connectivity index (χ0n) is 27.7. The SMILES string of the molecule is CCC(Sc1cccc(NC(=O)/C(=C\c2cc(OC)c(OC)cc2OC)NC(=O)c2ccccc2)c1)C(=O)Nc1ccccc1C(=O)OC. The third kappa shape index (κ3) is 9.42. The molecule has 12 heteroatoms. The van der Waals surface area contributed by atoms with Crippen molar-refractivity contribution in [2.45, 2.75) is 23.5 Å². The maximum atomic E-state index is 13.8. The summed E-state index contributed by atoms with van der Waals surface area (Å²) < 4.78 is 21.2. The number of nitrogens with one attached hydrogen (secondary N) is 3. The number of rotatable bonds is 14. The van der Waals surface area contributed by atoms with Crippen LogP contribution in [0.25, 0.3) is 6.08 Å². The molecule has 0 radical (unpaired) electrons. The number of thioether (sulfide) groups is 1. The van der Waals surface area contributed by atoms with Crippen LogP contribution in [0, 0.1) is 0 Å². The zero-order chi connectivity index (χ0) is 35.3. The van der Waals surface area contributed by atoms with Crippen LogP contribution in [0.4, 0.5) is 11.4 Å². The van der Waals surface area contributed by atoms with Crippen molar-refractivity contribution in [1.29, 1.82) is 0 Å². The molecular formula is C37H37N3O8S. The molecular weight excluding hydrogens is 646 g/mol. The fourth-order valence-corrected chi connectivity index (χ4v) is 5.70. The number of amides is 3. The van der Waals surface area contributed by atoms with E-state index in [1.54, 1.807) is 84.9 Å². The maximum Gasteiger partial charge on any atom is 0.339 e. The number of esters is 1. The van der Waals surface area contributed by atoms with E-state index in [2.05, 4.69) is 16.0 Å². The van der Waals surface area contributed by atoms with Crippen molar-refractivity contribution in [3.63, 3.8) is 0 Å². The molecule has 4 aromatic rings. The van der Waals surface area contributed by atoms with E-state index in [1.165, 1.54) is 46.3 Å². The number of benzene rings is 4. The van der Waals surface area contributed by atoms with Crippen LogP contribution in [0.5, 0.6) is 17.2 Å². The largest absolute Gasteiger partial charge is 0.496 e. The molecule has 0 aromatic heterocycles. The molecule has 11 nitrogen and oxygen atoms in total. The Balaban J connectivity index is 1.59. The second-order valence-corrected chi connectivity index (χ2v) is 11.6. The topological polar surface area (TPSA) is 141 Å². The van der Waals surface area contributed by atoms with E-state index in [1.807, 2.05) is 13.0 Å². The molecule has 4 rings (SSSR count). The first-order valence-corrected chi connectivity index (χ1v) is 16.0. The molecule has 3 N–H and O–H groups in total. The minimum atomic E-state index is -0.604. The third-order valence-corrected chi connectivity index (χ3v) is 8.55. The second-order valence-electron chi connectivity index (χ2n) is 10.4. The molecule has 0 aliphatic heterocycles. The summed E-state index contributed by atoms with van der Waals surface area (Å²) in [4.78, 5) is 53.1. The lowest BCUT2D eigenvalue weighted by Gasteiger charge is -2.17. The molecule has 1 atom stereocenters. The van der Waals surface area contributed by atoms with Crippen LogP contribution in [0.2, 0.25) is 0 Å². The summed E-state index contributed by atoms with van der Waals surface area (Å²) in [6.07, 6.45) is 1.97. The summed E-state index contributed by atoms with van der Waals surface area (Å²) in [7, 11) is 5.74. The molecule has 49 heavy (non-hydrogen) atoms. The summed E-state index contributed by atoms with van der Waals surface area (Å²) in [6, 6.07) is 25.4. The Morgan fingerprint density at radius 2 is 1.43 bits per heavy atom. The van der Waals surface area contributed by atoms with E-state index in [0.29, 0.717) is 51.1 Å². The molecule has 0 fully saturated rings. The van der Waals surface area contributed by atoms with Gasteiger partial charge in [0.05, 0.1) is 44.9 Å². The van der Waals surface area contributed by atoms with Gasteiger partial charge in [-0.25, -0.2) is 4.79 Å². The molecule has 1 unspecified atom stereocenters. The summed E-state index contributed by atoms with van der Waals surface area (Å²) in [5, 5.41) is 7.89. The average molecular weight is 684 g/mol. The first-order valence-electron chi connectivity index (χ1n) is 15.2. The van der Waals surface area contributed by atoms with Gasteiger partial charge in [0.15, 0.2) is 11.5 Å². The molecule has 0 bridgehead atoms. The molecule has 254 valence electrons. The fraction of sp³-hybridized carbons (Fsp3) is 0.189. The van der Waals surface area contributed by atoms with E-state index in [4.69, 9.17) is 18.9 Å². The number of ether oxygens (including phenoxy) is 4. The Kier molecular flexibility index (Phi) is 12.8. The van der Waals surface area contributed by atoms with E-state index >= 15 is 0 Å². The van der Waals surface area contributed by atoms with E-state index in [0.717, 1.165) is 0 Å². The molecule has 3 amide bonds. The quantitative estimate of drug-likeness (QED) is 0.0780. The van der Waals surface area contributed by atoms with Gasteiger partial charge in [-0.3, -0.25) is 14.4 Å². The molecule has 4 aromatic carbocycles. The van der Waals surface area contributed by atoms with Gasteiger partial charge in [-0.2, -0.15) is 0 Å². The molecule has 0 saturated heterocycles. The Bertz CT molecular complexity index is 1840. The standard InChI is InChI=1S/C37H37N3O8S/c1-6-33(36(43)39-28-18-11-10-17-27(28)37(44)48-5)49-26-16-12-15-25(21-26)38-35(42)29(40-34(41)23-13-8-7-9-14-23)19-24-20-31(46-3)32(47-4)22-30(24)45-2/h7-22,33H,6H2,1-5H3,(H,38,42)(H,39,43)(H,40,41)/b29-19+. The monoisotopic (exact) mass is 683 g/mol. The van der Waals surface area contributed by atoms with Gasteiger partial charge in [-0.05, 0) is 61.0 Å². The fourth-order valence-electron chi connectivity index (χ4n) is 4.69. The smallest absolute Gasteiger partial charge is 0.339 e. The summed E-state index contributed by atoms with van der Waals surface area (Å²) in [5.74, 6) is -0.736. The predicted octanol–water partition coefficient (Wildman–Crippen LogP) is 6.42. The van der Waals surface area contributed by atoms with Gasteiger partial charge in [-0.1, -0.05) is 43.3 Å². The third-order valence-electron chi connectivity index (χ3n) is 7.19. The molecule has 0 aliphatic carbocycles. The van der Waals surface area contributed by atoms with Gasteiger partial charge in [0.1, 0.15) is 11.4 Å². The minimum absolute atomic E-state index is 0.0625. The highest BCUT2D eigenvalue weighted by Crippen LogP contribution is 2.36. The Labute approximate surface area is 289 Å². The van der Waals surface area contributed by atoms with Crippen molar-refractivity contribution in [3.8, 4) is 17.2 Å². The molecule has 0 spiro atoms. The first-order chi connectivity index (χ1) is 23.7. The van der Waals surface area contributed by atoms with Gasteiger partial charge in [0.2, 0.25) is 5.91 Å². The van der Waals surface area contributed by atoms with Crippen molar-refractivity contribution >= 4 is 52.9 Å². The van der Waals surface area contributed by atoms with Crippen LogP contribution in [0.3, 0.4) is 0 Å². The predicted molar refractivity (Wildman–Crippen MR) is 189 cm³/mol. The van der Waals surface area contributed by atoms with Crippen LogP contribution in [-0.4, -0.2) is 57.4 Å². The van der Waals surface area contributed by atoms with E-state index in [9.17, 15) is 19.2 Å². The van der Waals surface area contributed by atoms with Gasteiger partial charge in [-0.15, -0.1) is 11.8 Å². The zero-order valence-corrected chi connectivity index (χ0v) is 28.5. The highest BCUT2D eigenvalue weighted by Gasteiger charge is 2.22. The van der Waals surface area contributed by atoms with Crippen LogP contribution in [-0.2, 0) is 14.3 Å². The van der Waals surface area contributed by atoms with Crippen LogP contribution in [0.1, 0.15) is 39.6 Å². The van der Waals surface area contributed by atoms with Crippen molar-refractivity contribution in [1.82, 2.24) is 5.32 Å². The van der Waals surface area contributed by atoms with Crippen molar-refractivity contribution in [3.05, 3.63) is 113 Å². The normalized spacial score (nSPS) is 11.5. The van der Waals surface area contributed by atoms with Crippen LogP contribution >= 0.6 is 11.8 Å². The van der Waals surface area contributed by atoms with Gasteiger partial charge in [0.25, 0.3) is 11.8 Å². The number of methoxy groups -OCH3 is 4. The summed E-state index contributed by atoms with van der Waals surface area (Å²) in [6.45, 7) is 1.88. The van der Waals surface area contributed by atoms with Crippen molar-refractivity contribution in [2.24, 2.45) is 0 Å². The Morgan fingerprint density at radius 3 is 2.10 bits per heavy atom. The van der Waals surface area contributed by atoms with Gasteiger partial charge >= 0.3 is 5.97 Å². The minimum Gasteiger partial charge on any atom is -0.496 e. The lowest BCUT2D eigenvalue weighted by Crippen LogP contribution is -2.30. The number of carbonyl (C=O) groups excluding carboxylic acids is 4. The molecule has 0 aliphatic rings. The number of anilines is 2. The molecule has 0 saturated carbocycles. The number of hydrogen-bond donors (Lipinski definition) is 3. The Morgan fingerprint density at radius 1 is 0.755 bits per heavy atom. The van der Waals surface area contributed by atoms with Gasteiger partial charge < -0.3 is 34.9 Å². The summed E-state index contributed by atoms with van der Waals surface area (Å²) in [5.41, 5.74) is 1.78. The van der Waals surface area contributed by atoms with Crippen LogP contribution in [0.15, 0.2) is 102 Å². The van der Waals surface area contributed by atoms with Gasteiger partial charge in [0, 0.05) is 27.8 Å². The lowest BCUT2D eigenvalue weighted by molar-refractivity contribution is -0.116. The molecule has 0 heterocycles. The van der Waals surface area contributed by atoms with Crippen molar-refractivity contribution in [2.75, 3.05) is 39.1 Å². The first kappa shape index (κ1) is 36.1. The number of hydrogen-bond acceptors (Lipinski definition) is 9. The van der Waals surface area contributed by atoms with Crippen molar-refractivity contribution < 1.29 is 38.1 Å². The van der Waals surface area contributed by atoms with E-state index in [-0.39, 0.29) is 17.2 Å².